The third-order valence-corrected chi connectivity index (χ3v) is 2.37. The Morgan fingerprint density at radius 3 is 2.82 bits per heavy atom. The summed E-state index contributed by atoms with van der Waals surface area (Å²) >= 11 is 0. The number of hydrogen-bond donors (Lipinski definition) is 1. The van der Waals surface area contributed by atoms with Gasteiger partial charge in [0.15, 0.2) is 5.65 Å². The van der Waals surface area contributed by atoms with Crippen LogP contribution in [0.4, 0.5) is 0 Å². The molecule has 0 aliphatic rings. The normalized spacial score (nSPS) is 10.8. The van der Waals surface area contributed by atoms with Gasteiger partial charge in [0.2, 0.25) is 5.88 Å². The number of nitrogens with zero attached hydrogens (tertiary/aromatic N) is 3. The SMILES string of the molecule is CCOc1cc(C)nc2c(C(=O)O)c(C)nn12. The van der Waals surface area contributed by atoms with Crippen LogP contribution in [0.2, 0.25) is 0 Å². The van der Waals surface area contributed by atoms with Crippen molar-refractivity contribution in [1.82, 2.24) is 14.6 Å². The zero-order valence-electron chi connectivity index (χ0n) is 9.89. The van der Waals surface area contributed by atoms with Crippen LogP contribution in [0.3, 0.4) is 0 Å². The van der Waals surface area contributed by atoms with Gasteiger partial charge in [0.1, 0.15) is 5.56 Å². The summed E-state index contributed by atoms with van der Waals surface area (Å²) in [7, 11) is 0. The Morgan fingerprint density at radius 2 is 2.24 bits per heavy atom. The Morgan fingerprint density at radius 1 is 1.53 bits per heavy atom. The number of aryl methyl sites for hydroxylation is 2. The van der Waals surface area contributed by atoms with Crippen LogP contribution in [0.25, 0.3) is 5.65 Å². The second-order valence-electron chi connectivity index (χ2n) is 3.67. The maximum Gasteiger partial charge on any atom is 0.341 e. The highest BCUT2D eigenvalue weighted by atomic mass is 16.5. The molecule has 0 aromatic carbocycles. The van der Waals surface area contributed by atoms with Gasteiger partial charge >= 0.3 is 5.97 Å². The first-order valence-corrected chi connectivity index (χ1v) is 5.27. The third-order valence-electron chi connectivity index (χ3n) is 2.37. The quantitative estimate of drug-likeness (QED) is 0.871. The number of carboxylic acids is 1. The van der Waals surface area contributed by atoms with Gasteiger partial charge in [0.25, 0.3) is 0 Å². The lowest BCUT2D eigenvalue weighted by Gasteiger charge is -2.06. The van der Waals surface area contributed by atoms with E-state index in [2.05, 4.69) is 10.1 Å². The van der Waals surface area contributed by atoms with Crippen LogP contribution in [0.1, 0.15) is 28.7 Å². The molecule has 0 spiro atoms. The second-order valence-corrected chi connectivity index (χ2v) is 3.67. The van der Waals surface area contributed by atoms with Crippen LogP contribution in [0, 0.1) is 13.8 Å². The van der Waals surface area contributed by atoms with Crippen LogP contribution >= 0.6 is 0 Å². The van der Waals surface area contributed by atoms with Gasteiger partial charge in [0, 0.05) is 11.8 Å². The maximum atomic E-state index is 11.1. The van der Waals surface area contributed by atoms with Gasteiger partial charge < -0.3 is 9.84 Å². The minimum Gasteiger partial charge on any atom is -0.478 e. The maximum absolute atomic E-state index is 11.1. The molecule has 2 aromatic rings. The van der Waals surface area contributed by atoms with E-state index in [1.54, 1.807) is 19.9 Å². The molecule has 90 valence electrons. The predicted molar refractivity (Wildman–Crippen MR) is 60.6 cm³/mol. The Hall–Kier alpha value is -2.11. The van der Waals surface area contributed by atoms with Crippen LogP contribution in [0.15, 0.2) is 6.07 Å². The van der Waals surface area contributed by atoms with Gasteiger partial charge in [-0.25, -0.2) is 9.78 Å². The fraction of sp³-hybridized carbons (Fsp3) is 0.364. The Labute approximate surface area is 97.9 Å². The summed E-state index contributed by atoms with van der Waals surface area (Å²) < 4.78 is 6.84. The van der Waals surface area contributed by atoms with Crippen molar-refractivity contribution >= 4 is 11.6 Å². The monoisotopic (exact) mass is 235 g/mol. The number of carboxylic acid groups (broad SMARTS) is 1. The number of aromatic nitrogens is 3. The first-order chi connectivity index (χ1) is 8.04. The molecule has 17 heavy (non-hydrogen) atoms. The van der Waals surface area contributed by atoms with Gasteiger partial charge in [-0.3, -0.25) is 0 Å². The molecule has 2 rings (SSSR count). The van der Waals surface area contributed by atoms with E-state index in [9.17, 15) is 4.79 Å². The molecule has 0 unspecified atom stereocenters. The minimum absolute atomic E-state index is 0.120. The fourth-order valence-electron chi connectivity index (χ4n) is 1.71. The van der Waals surface area contributed by atoms with E-state index in [-0.39, 0.29) is 5.56 Å². The van der Waals surface area contributed by atoms with E-state index in [1.165, 1.54) is 4.52 Å². The summed E-state index contributed by atoms with van der Waals surface area (Å²) in [4.78, 5) is 15.3. The van der Waals surface area contributed by atoms with Gasteiger partial charge in [-0.15, -0.1) is 0 Å². The summed E-state index contributed by atoms with van der Waals surface area (Å²) in [6.07, 6.45) is 0. The summed E-state index contributed by atoms with van der Waals surface area (Å²) in [6.45, 7) is 5.77. The lowest BCUT2D eigenvalue weighted by atomic mass is 10.2. The summed E-state index contributed by atoms with van der Waals surface area (Å²) in [5, 5.41) is 13.3. The number of hydrogen-bond acceptors (Lipinski definition) is 4. The van der Waals surface area contributed by atoms with Crippen molar-refractivity contribution in [3.63, 3.8) is 0 Å². The zero-order chi connectivity index (χ0) is 12.6. The van der Waals surface area contributed by atoms with Crippen molar-refractivity contribution in [3.05, 3.63) is 23.0 Å². The fourth-order valence-corrected chi connectivity index (χ4v) is 1.71. The topological polar surface area (TPSA) is 76.7 Å². The highest BCUT2D eigenvalue weighted by Crippen LogP contribution is 2.20. The first kappa shape index (κ1) is 11.4. The molecule has 2 heterocycles. The summed E-state index contributed by atoms with van der Waals surface area (Å²) in [5.41, 5.74) is 1.56. The molecule has 0 fully saturated rings. The second kappa shape index (κ2) is 4.04. The molecular weight excluding hydrogens is 222 g/mol. The van der Waals surface area contributed by atoms with E-state index in [1.807, 2.05) is 6.92 Å². The molecule has 6 heteroatoms. The molecule has 0 atom stereocenters. The summed E-state index contributed by atoms with van der Waals surface area (Å²) in [6, 6.07) is 1.73. The van der Waals surface area contributed by atoms with Gasteiger partial charge in [-0.05, 0) is 20.8 Å². The van der Waals surface area contributed by atoms with E-state index in [4.69, 9.17) is 9.84 Å². The van der Waals surface area contributed by atoms with E-state index in [0.717, 1.165) is 0 Å². The third kappa shape index (κ3) is 1.82. The number of aromatic carboxylic acids is 1. The van der Waals surface area contributed by atoms with Crippen LogP contribution < -0.4 is 4.74 Å². The number of fused-ring (bicyclic) bond motifs is 1. The molecule has 2 aromatic heterocycles. The molecular formula is C11H13N3O3. The Kier molecular flexibility index (Phi) is 2.71. The summed E-state index contributed by atoms with van der Waals surface area (Å²) in [5.74, 6) is -0.524. The molecule has 0 saturated heterocycles. The van der Waals surface area contributed by atoms with Crippen molar-refractivity contribution in [1.29, 1.82) is 0 Å². The van der Waals surface area contributed by atoms with Crippen molar-refractivity contribution in [2.75, 3.05) is 6.61 Å². The molecule has 0 radical (unpaired) electrons. The molecule has 0 saturated carbocycles. The molecule has 0 aliphatic carbocycles. The highest BCUT2D eigenvalue weighted by molar-refractivity contribution is 5.95. The molecule has 6 nitrogen and oxygen atoms in total. The highest BCUT2D eigenvalue weighted by Gasteiger charge is 2.19. The van der Waals surface area contributed by atoms with Crippen molar-refractivity contribution < 1.29 is 14.6 Å². The molecule has 0 amide bonds. The first-order valence-electron chi connectivity index (χ1n) is 5.27. The smallest absolute Gasteiger partial charge is 0.341 e. The zero-order valence-corrected chi connectivity index (χ0v) is 9.89. The largest absolute Gasteiger partial charge is 0.478 e. The van der Waals surface area contributed by atoms with Crippen molar-refractivity contribution in [2.45, 2.75) is 20.8 Å². The molecule has 1 N–H and O–H groups in total. The Balaban J connectivity index is 2.79. The minimum atomic E-state index is -1.03. The molecule has 0 bridgehead atoms. The van der Waals surface area contributed by atoms with E-state index < -0.39 is 5.97 Å². The van der Waals surface area contributed by atoms with Gasteiger partial charge in [-0.2, -0.15) is 9.61 Å². The lowest BCUT2D eigenvalue weighted by molar-refractivity contribution is 0.0698. The van der Waals surface area contributed by atoms with Crippen LogP contribution in [0.5, 0.6) is 5.88 Å². The Bertz CT molecular complexity index is 589. The predicted octanol–water partition coefficient (Wildman–Crippen LogP) is 1.44. The molecule has 0 aliphatic heterocycles. The number of rotatable bonds is 3. The van der Waals surface area contributed by atoms with Gasteiger partial charge in [-0.1, -0.05) is 0 Å². The average molecular weight is 235 g/mol. The van der Waals surface area contributed by atoms with E-state index in [0.29, 0.717) is 29.5 Å². The van der Waals surface area contributed by atoms with Crippen LogP contribution in [-0.2, 0) is 0 Å². The van der Waals surface area contributed by atoms with Crippen molar-refractivity contribution in [3.8, 4) is 5.88 Å². The average Bonchev–Trinajstić information content (AvgIpc) is 2.54. The van der Waals surface area contributed by atoms with Gasteiger partial charge in [0.05, 0.1) is 12.3 Å². The van der Waals surface area contributed by atoms with E-state index >= 15 is 0 Å². The number of carbonyl (C=O) groups is 1. The lowest BCUT2D eigenvalue weighted by Crippen LogP contribution is -2.04. The van der Waals surface area contributed by atoms with Crippen LogP contribution in [-0.4, -0.2) is 32.3 Å². The van der Waals surface area contributed by atoms with Crippen molar-refractivity contribution in [2.24, 2.45) is 0 Å². The number of ether oxygens (including phenoxy) is 1. The standard InChI is InChI=1S/C11H13N3O3/c1-4-17-8-5-6(2)12-10-9(11(15)16)7(3)13-14(8)10/h5H,4H2,1-3H3,(H,15,16).